The lowest BCUT2D eigenvalue weighted by Gasteiger charge is -2.45. The Bertz CT molecular complexity index is 228. The van der Waals surface area contributed by atoms with E-state index in [1.807, 2.05) is 0 Å². The third kappa shape index (κ3) is 0.942. The van der Waals surface area contributed by atoms with E-state index in [0.717, 1.165) is 0 Å². The highest BCUT2D eigenvalue weighted by Crippen LogP contribution is 2.46. The zero-order chi connectivity index (χ0) is 9.69. The molecule has 0 radical (unpaired) electrons. The molecule has 4 nitrogen and oxygen atoms in total. The van der Waals surface area contributed by atoms with Crippen molar-refractivity contribution in [1.82, 2.24) is 0 Å². The van der Waals surface area contributed by atoms with Crippen LogP contribution >= 0.6 is 0 Å². The number of hydrogen-bond acceptors (Lipinski definition) is 4. The monoisotopic (exact) mass is 186 g/mol. The summed E-state index contributed by atoms with van der Waals surface area (Å²) < 4.78 is 0. The number of fused-ring (bicyclic) bond motifs is 1. The highest BCUT2D eigenvalue weighted by Gasteiger charge is 2.61. The molecular weight excluding hydrogens is 172 g/mol. The maximum Gasteiger partial charge on any atom is 0.125 e. The van der Waals surface area contributed by atoms with Crippen LogP contribution in [0.3, 0.4) is 0 Å². The van der Waals surface area contributed by atoms with E-state index in [9.17, 15) is 20.4 Å². The number of aliphatic hydroxyl groups is 4. The lowest BCUT2D eigenvalue weighted by atomic mass is 9.74. The predicted octanol–water partition coefficient (Wildman–Crippen LogP) is -1.08. The van der Waals surface area contributed by atoms with Gasteiger partial charge in [-0.05, 0) is 19.3 Å². The quantitative estimate of drug-likeness (QED) is 0.363. The molecule has 4 heteroatoms. The molecule has 1 saturated carbocycles. The highest BCUT2D eigenvalue weighted by atomic mass is 16.4. The van der Waals surface area contributed by atoms with Crippen LogP contribution in [0.2, 0.25) is 0 Å². The van der Waals surface area contributed by atoms with Crippen LogP contribution in [0.25, 0.3) is 0 Å². The molecule has 0 amide bonds. The van der Waals surface area contributed by atoms with E-state index >= 15 is 0 Å². The molecule has 0 bridgehead atoms. The second-order valence-electron chi connectivity index (χ2n) is 3.98. The molecule has 2 aliphatic carbocycles. The Morgan fingerprint density at radius 2 is 1.31 bits per heavy atom. The van der Waals surface area contributed by atoms with Gasteiger partial charge in [0, 0.05) is 0 Å². The van der Waals surface area contributed by atoms with E-state index in [0.29, 0.717) is 19.3 Å². The fourth-order valence-electron chi connectivity index (χ4n) is 2.40. The SMILES string of the molecule is O[C@H]1C=C[C@H](O)[C@@]2(O)CCC[C@]12O. The summed E-state index contributed by atoms with van der Waals surface area (Å²) in [5, 5.41) is 39.0. The van der Waals surface area contributed by atoms with Crippen LogP contribution in [0.15, 0.2) is 12.2 Å². The molecule has 0 spiro atoms. The van der Waals surface area contributed by atoms with Crippen LogP contribution in [-0.4, -0.2) is 43.8 Å². The average Bonchev–Trinajstić information content (AvgIpc) is 2.40. The van der Waals surface area contributed by atoms with E-state index in [2.05, 4.69) is 0 Å². The van der Waals surface area contributed by atoms with Crippen molar-refractivity contribution in [3.8, 4) is 0 Å². The van der Waals surface area contributed by atoms with Gasteiger partial charge in [0.15, 0.2) is 0 Å². The van der Waals surface area contributed by atoms with Gasteiger partial charge in [-0.1, -0.05) is 12.2 Å². The van der Waals surface area contributed by atoms with Gasteiger partial charge < -0.3 is 20.4 Å². The second-order valence-corrected chi connectivity index (χ2v) is 3.98. The number of rotatable bonds is 0. The fraction of sp³-hybridized carbons (Fsp3) is 0.778. The summed E-state index contributed by atoms with van der Waals surface area (Å²) in [7, 11) is 0. The topological polar surface area (TPSA) is 80.9 Å². The maximum absolute atomic E-state index is 10.00. The van der Waals surface area contributed by atoms with Gasteiger partial charge in [0.1, 0.15) is 23.4 Å². The Labute approximate surface area is 76.1 Å². The Hall–Kier alpha value is -0.420. The van der Waals surface area contributed by atoms with Crippen LogP contribution in [0.4, 0.5) is 0 Å². The van der Waals surface area contributed by atoms with Crippen LogP contribution in [0.1, 0.15) is 19.3 Å². The largest absolute Gasteiger partial charge is 0.386 e. The van der Waals surface area contributed by atoms with Crippen molar-refractivity contribution in [3.63, 3.8) is 0 Å². The van der Waals surface area contributed by atoms with Crippen molar-refractivity contribution in [2.45, 2.75) is 42.7 Å². The lowest BCUT2D eigenvalue weighted by molar-refractivity contribution is -0.210. The molecule has 0 aliphatic heterocycles. The zero-order valence-electron chi connectivity index (χ0n) is 7.22. The minimum absolute atomic E-state index is 0.325. The maximum atomic E-state index is 10.00. The van der Waals surface area contributed by atoms with Gasteiger partial charge in [0.25, 0.3) is 0 Å². The molecule has 4 N–H and O–H groups in total. The van der Waals surface area contributed by atoms with E-state index in [4.69, 9.17) is 0 Å². The van der Waals surface area contributed by atoms with E-state index in [1.165, 1.54) is 12.2 Å². The number of hydrogen-bond donors (Lipinski definition) is 4. The van der Waals surface area contributed by atoms with Crippen molar-refractivity contribution in [2.24, 2.45) is 0 Å². The smallest absolute Gasteiger partial charge is 0.125 e. The molecule has 1 fully saturated rings. The first-order chi connectivity index (χ1) is 6.01. The van der Waals surface area contributed by atoms with Gasteiger partial charge in [-0.3, -0.25) is 0 Å². The average molecular weight is 186 g/mol. The van der Waals surface area contributed by atoms with E-state index < -0.39 is 23.4 Å². The second kappa shape index (κ2) is 2.54. The summed E-state index contributed by atoms with van der Waals surface area (Å²) in [6.07, 6.45) is 1.78. The van der Waals surface area contributed by atoms with Gasteiger partial charge in [0.2, 0.25) is 0 Å². The first-order valence-electron chi connectivity index (χ1n) is 4.50. The van der Waals surface area contributed by atoms with Crippen LogP contribution in [-0.2, 0) is 0 Å². The molecule has 0 aromatic heterocycles. The Morgan fingerprint density at radius 3 is 1.69 bits per heavy atom. The van der Waals surface area contributed by atoms with E-state index in [1.54, 1.807) is 0 Å². The summed E-state index contributed by atoms with van der Waals surface area (Å²) in [5.74, 6) is 0. The summed E-state index contributed by atoms with van der Waals surface area (Å²) >= 11 is 0. The van der Waals surface area contributed by atoms with Gasteiger partial charge in [-0.25, -0.2) is 0 Å². The molecule has 0 unspecified atom stereocenters. The molecule has 2 rings (SSSR count). The minimum Gasteiger partial charge on any atom is -0.386 e. The van der Waals surface area contributed by atoms with Crippen molar-refractivity contribution >= 4 is 0 Å². The first-order valence-corrected chi connectivity index (χ1v) is 4.50. The first kappa shape index (κ1) is 9.15. The molecule has 0 aromatic carbocycles. The summed E-state index contributed by atoms with van der Waals surface area (Å²) in [6.45, 7) is 0. The third-order valence-corrected chi connectivity index (χ3v) is 3.32. The van der Waals surface area contributed by atoms with Crippen molar-refractivity contribution < 1.29 is 20.4 Å². The Morgan fingerprint density at radius 1 is 0.923 bits per heavy atom. The molecule has 2 aliphatic rings. The molecular formula is C9H14O4. The van der Waals surface area contributed by atoms with Crippen LogP contribution in [0, 0.1) is 0 Å². The van der Waals surface area contributed by atoms with Gasteiger partial charge >= 0.3 is 0 Å². The van der Waals surface area contributed by atoms with Gasteiger partial charge in [-0.15, -0.1) is 0 Å². The fourth-order valence-corrected chi connectivity index (χ4v) is 2.40. The number of aliphatic hydroxyl groups excluding tert-OH is 2. The molecule has 0 aromatic rings. The molecule has 4 atom stereocenters. The third-order valence-electron chi connectivity index (χ3n) is 3.32. The zero-order valence-corrected chi connectivity index (χ0v) is 7.22. The van der Waals surface area contributed by atoms with Gasteiger partial charge in [0.05, 0.1) is 0 Å². The molecule has 0 saturated heterocycles. The summed E-state index contributed by atoms with van der Waals surface area (Å²) in [6, 6.07) is 0. The standard InChI is InChI=1S/C9H14O4/c10-6-2-3-7(11)9(13)5-1-4-8(6,9)12/h2-3,6-7,10-13H,1,4-5H2/t6-,7-,8-,9-/m0/s1. The minimum atomic E-state index is -1.57. The predicted molar refractivity (Wildman–Crippen MR) is 44.9 cm³/mol. The highest BCUT2D eigenvalue weighted by molar-refractivity contribution is 5.24. The van der Waals surface area contributed by atoms with Crippen molar-refractivity contribution in [2.75, 3.05) is 0 Å². The van der Waals surface area contributed by atoms with Gasteiger partial charge in [-0.2, -0.15) is 0 Å². The van der Waals surface area contributed by atoms with Crippen LogP contribution in [0.5, 0.6) is 0 Å². The van der Waals surface area contributed by atoms with E-state index in [-0.39, 0.29) is 0 Å². The van der Waals surface area contributed by atoms with Crippen molar-refractivity contribution in [3.05, 3.63) is 12.2 Å². The lowest BCUT2D eigenvalue weighted by Crippen LogP contribution is -2.64. The van der Waals surface area contributed by atoms with Crippen LogP contribution < -0.4 is 0 Å². The Balaban J connectivity index is 2.44. The molecule has 13 heavy (non-hydrogen) atoms. The normalized spacial score (nSPS) is 55.1. The summed E-state index contributed by atoms with van der Waals surface area (Å²) in [4.78, 5) is 0. The summed E-state index contributed by atoms with van der Waals surface area (Å²) in [5.41, 5.74) is -3.14. The van der Waals surface area contributed by atoms with Crippen molar-refractivity contribution in [1.29, 1.82) is 0 Å². The molecule has 74 valence electrons. The Kier molecular flexibility index (Phi) is 1.79. The molecule has 0 heterocycles.